The zero-order valence-electron chi connectivity index (χ0n) is 22.4. The normalized spacial score (nSPS) is 14.9. The molecule has 1 aliphatic heterocycles. The predicted octanol–water partition coefficient (Wildman–Crippen LogP) is 1.77. The fourth-order valence-corrected chi connectivity index (χ4v) is 6.78. The van der Waals surface area contributed by atoms with Gasteiger partial charge in [-0.15, -0.1) is 0 Å². The van der Waals surface area contributed by atoms with E-state index in [0.717, 1.165) is 16.8 Å². The third kappa shape index (κ3) is 7.89. The number of hydrogen-bond donors (Lipinski definition) is 2. The van der Waals surface area contributed by atoms with Crippen molar-refractivity contribution in [2.45, 2.75) is 37.0 Å². The van der Waals surface area contributed by atoms with Crippen molar-refractivity contribution in [1.29, 1.82) is 0 Å². The number of oxime groups is 1. The molecule has 0 spiro atoms. The second-order valence-corrected chi connectivity index (χ2v) is 12.0. The highest BCUT2D eigenvalue weighted by Gasteiger charge is 2.35. The molecule has 16 heteroatoms. The summed E-state index contributed by atoms with van der Waals surface area (Å²) in [6, 6.07) is 9.47. The highest BCUT2D eigenvalue weighted by Crippen LogP contribution is 2.30. The summed E-state index contributed by atoms with van der Waals surface area (Å²) in [5, 5.41) is 3.61. The molecule has 2 aromatic rings. The van der Waals surface area contributed by atoms with Crippen LogP contribution >= 0.6 is 0 Å². The van der Waals surface area contributed by atoms with Gasteiger partial charge in [-0.2, -0.15) is 18.2 Å². The van der Waals surface area contributed by atoms with Crippen molar-refractivity contribution >= 4 is 32.2 Å². The molecule has 1 heterocycles. The molecular formula is C24H33N5O9S2. The number of aryl methyl sites for hydroxylation is 1. The van der Waals surface area contributed by atoms with Crippen LogP contribution in [0, 0.1) is 6.92 Å². The molecule has 220 valence electrons. The molecule has 0 saturated carbocycles. The zero-order valence-corrected chi connectivity index (χ0v) is 24.0. The Bertz CT molecular complexity index is 1420. The Labute approximate surface area is 233 Å². The molecule has 1 saturated heterocycles. The number of nitrogens with one attached hydrogen (secondary N) is 1. The van der Waals surface area contributed by atoms with Crippen molar-refractivity contribution in [2.24, 2.45) is 10.9 Å². The number of guanidine groups is 1. The predicted molar refractivity (Wildman–Crippen MR) is 144 cm³/mol. The van der Waals surface area contributed by atoms with Crippen molar-refractivity contribution in [3.63, 3.8) is 0 Å². The Balaban J connectivity index is 1.79. The Morgan fingerprint density at radius 3 is 2.30 bits per heavy atom. The second kappa shape index (κ2) is 13.5. The number of hydrogen-bond acceptors (Lipinski definition) is 10. The fourth-order valence-electron chi connectivity index (χ4n) is 3.66. The first-order valence-electron chi connectivity index (χ1n) is 12.4. The first-order chi connectivity index (χ1) is 19.0. The van der Waals surface area contributed by atoms with E-state index in [9.17, 15) is 21.6 Å². The molecule has 1 aliphatic rings. The molecule has 14 nitrogen and oxygen atoms in total. The molecule has 0 radical (unpaired) electrons. The monoisotopic (exact) mass is 599 g/mol. The van der Waals surface area contributed by atoms with Crippen LogP contribution in [-0.2, 0) is 29.7 Å². The number of ether oxygens (including phenoxy) is 1. The van der Waals surface area contributed by atoms with Crippen LogP contribution in [-0.4, -0.2) is 77.5 Å². The lowest BCUT2D eigenvalue weighted by atomic mass is 10.2. The maximum atomic E-state index is 13.5. The van der Waals surface area contributed by atoms with E-state index in [1.165, 1.54) is 35.2 Å². The zero-order chi connectivity index (χ0) is 29.3. The standard InChI is InChI=1S/C24H33N5O9S2/c1-4-14-36-26-23(25)27-37-19-15-18(3)16-20(17-19)38-40(33,34)22-9-7-6-8-21(22)39(31,32)29-12-10-28(11-13-29)24(30)35-5-2/h6-9,15-17H,4-5,10-14H2,1-3H3,(H3,25,26,27). The van der Waals surface area contributed by atoms with E-state index >= 15 is 0 Å². The minimum Gasteiger partial charge on any atom is -0.450 e. The SMILES string of the molecule is CCCON=C(N)NOc1cc(C)cc(OS(=O)(=O)c2ccccc2S(=O)(=O)N2CCN(C(=O)OCC)CC2)c1. The molecule has 40 heavy (non-hydrogen) atoms. The number of benzene rings is 2. The van der Waals surface area contributed by atoms with Gasteiger partial charge in [0.05, 0.1) is 6.61 Å². The van der Waals surface area contributed by atoms with Crippen LogP contribution < -0.4 is 20.2 Å². The fraction of sp³-hybridized carbons (Fsp3) is 0.417. The van der Waals surface area contributed by atoms with Crippen molar-refractivity contribution < 1.29 is 40.2 Å². The Morgan fingerprint density at radius 1 is 1.00 bits per heavy atom. The topological polar surface area (TPSA) is 179 Å². The number of rotatable bonds is 11. The maximum absolute atomic E-state index is 13.5. The minimum absolute atomic E-state index is 0.0299. The van der Waals surface area contributed by atoms with Gasteiger partial charge in [0.1, 0.15) is 22.1 Å². The lowest BCUT2D eigenvalue weighted by molar-refractivity contribution is 0.0934. The number of piperazine rings is 1. The van der Waals surface area contributed by atoms with Gasteiger partial charge in [0.25, 0.3) is 5.96 Å². The quantitative estimate of drug-likeness (QED) is 0.126. The van der Waals surface area contributed by atoms with Crippen molar-refractivity contribution in [3.05, 3.63) is 48.0 Å². The van der Waals surface area contributed by atoms with Crippen LogP contribution in [0.3, 0.4) is 0 Å². The number of amides is 1. The van der Waals surface area contributed by atoms with Gasteiger partial charge in [-0.25, -0.2) is 13.2 Å². The van der Waals surface area contributed by atoms with Gasteiger partial charge in [0.15, 0.2) is 5.75 Å². The van der Waals surface area contributed by atoms with E-state index in [1.54, 1.807) is 19.9 Å². The summed E-state index contributed by atoms with van der Waals surface area (Å²) in [6.07, 6.45) is 0.203. The smallest absolute Gasteiger partial charge is 0.409 e. The molecule has 2 aromatic carbocycles. The highest BCUT2D eigenvalue weighted by atomic mass is 32.2. The van der Waals surface area contributed by atoms with Crippen LogP contribution in [0.2, 0.25) is 0 Å². The largest absolute Gasteiger partial charge is 0.450 e. The average molecular weight is 600 g/mol. The molecule has 1 fully saturated rings. The van der Waals surface area contributed by atoms with Crippen molar-refractivity contribution in [1.82, 2.24) is 14.7 Å². The molecular weight excluding hydrogens is 566 g/mol. The summed E-state index contributed by atoms with van der Waals surface area (Å²) in [5.74, 6) is -0.128. The Hall–Kier alpha value is -3.76. The summed E-state index contributed by atoms with van der Waals surface area (Å²) in [4.78, 5) is 22.7. The molecule has 0 unspecified atom stereocenters. The second-order valence-electron chi connectivity index (χ2n) is 8.57. The molecule has 3 rings (SSSR count). The van der Waals surface area contributed by atoms with Crippen LogP contribution in [0.25, 0.3) is 0 Å². The first kappa shape index (κ1) is 30.8. The Morgan fingerprint density at radius 2 is 1.65 bits per heavy atom. The lowest BCUT2D eigenvalue weighted by Crippen LogP contribution is -2.50. The summed E-state index contributed by atoms with van der Waals surface area (Å²) >= 11 is 0. The number of nitrogens with two attached hydrogens (primary N) is 1. The van der Waals surface area contributed by atoms with Gasteiger partial charge in [0, 0.05) is 32.2 Å². The number of hydroxylamine groups is 1. The molecule has 0 bridgehead atoms. The summed E-state index contributed by atoms with van der Waals surface area (Å²) < 4.78 is 65.0. The van der Waals surface area contributed by atoms with E-state index in [2.05, 4.69) is 10.6 Å². The highest BCUT2D eigenvalue weighted by molar-refractivity contribution is 7.91. The molecule has 0 atom stereocenters. The number of carbonyl (C=O) groups excluding carboxylic acids is 1. The minimum atomic E-state index is -4.61. The maximum Gasteiger partial charge on any atom is 0.409 e. The Kier molecular flexibility index (Phi) is 10.4. The van der Waals surface area contributed by atoms with Crippen molar-refractivity contribution in [3.8, 4) is 11.5 Å². The third-order valence-electron chi connectivity index (χ3n) is 5.46. The summed E-state index contributed by atoms with van der Waals surface area (Å²) in [5.41, 5.74) is 8.60. The summed E-state index contributed by atoms with van der Waals surface area (Å²) in [6.45, 7) is 5.97. The first-order valence-corrected chi connectivity index (χ1v) is 15.3. The van der Waals surface area contributed by atoms with E-state index in [0.29, 0.717) is 12.2 Å². The van der Waals surface area contributed by atoms with E-state index in [4.69, 9.17) is 24.3 Å². The van der Waals surface area contributed by atoms with Crippen LogP contribution in [0.4, 0.5) is 4.79 Å². The molecule has 3 N–H and O–H groups in total. The van der Waals surface area contributed by atoms with E-state index < -0.39 is 36.0 Å². The molecule has 0 aromatic heterocycles. The van der Waals surface area contributed by atoms with Crippen molar-refractivity contribution in [2.75, 3.05) is 39.4 Å². The summed E-state index contributed by atoms with van der Waals surface area (Å²) in [7, 11) is -8.86. The van der Waals surface area contributed by atoms with E-state index in [-0.39, 0.29) is 50.2 Å². The molecule has 1 amide bonds. The van der Waals surface area contributed by atoms with Gasteiger partial charge in [-0.1, -0.05) is 19.1 Å². The number of carbonyl (C=O) groups is 1. The number of nitrogens with zero attached hydrogens (tertiary/aromatic N) is 3. The average Bonchev–Trinajstić information content (AvgIpc) is 2.92. The van der Waals surface area contributed by atoms with Gasteiger partial charge in [-0.05, 0) is 55.3 Å². The third-order valence-corrected chi connectivity index (χ3v) is 8.86. The van der Waals surface area contributed by atoms with Gasteiger partial charge < -0.3 is 29.2 Å². The lowest BCUT2D eigenvalue weighted by Gasteiger charge is -2.33. The van der Waals surface area contributed by atoms with E-state index in [1.807, 2.05) is 6.92 Å². The molecule has 0 aliphatic carbocycles. The van der Waals surface area contributed by atoms with Gasteiger partial charge in [-0.3, -0.25) is 0 Å². The van der Waals surface area contributed by atoms with Gasteiger partial charge >= 0.3 is 16.2 Å². The van der Waals surface area contributed by atoms with Crippen LogP contribution in [0.5, 0.6) is 11.5 Å². The van der Waals surface area contributed by atoms with Crippen LogP contribution in [0.1, 0.15) is 25.8 Å². The van der Waals surface area contributed by atoms with Gasteiger partial charge in [0.2, 0.25) is 10.0 Å². The number of sulfonamides is 1. The van der Waals surface area contributed by atoms with Crippen LogP contribution in [0.15, 0.2) is 57.4 Å².